The third-order valence-electron chi connectivity index (χ3n) is 3.34. The first-order valence-corrected chi connectivity index (χ1v) is 5.17. The standard InChI is InChI=1S/C11H16N2O/c1-8-9(3-4-10(8)14)7-11-12-5-6-13(11)2/h5-6,8-9H,3-4,7H2,1-2H3. The molecule has 1 aromatic rings. The summed E-state index contributed by atoms with van der Waals surface area (Å²) in [5.74, 6) is 2.25. The molecule has 0 aliphatic heterocycles. The van der Waals surface area contributed by atoms with Crippen LogP contribution in [-0.4, -0.2) is 15.3 Å². The van der Waals surface area contributed by atoms with E-state index in [1.54, 1.807) is 0 Å². The van der Waals surface area contributed by atoms with E-state index in [1.165, 1.54) is 0 Å². The molecule has 0 amide bonds. The van der Waals surface area contributed by atoms with Gasteiger partial charge in [-0.2, -0.15) is 0 Å². The second-order valence-electron chi connectivity index (χ2n) is 4.21. The molecule has 0 bridgehead atoms. The Morgan fingerprint density at radius 1 is 1.64 bits per heavy atom. The van der Waals surface area contributed by atoms with Crippen LogP contribution >= 0.6 is 0 Å². The number of ketones is 1. The molecule has 3 heteroatoms. The number of carbonyl (C=O) groups excluding carboxylic acids is 1. The molecule has 0 spiro atoms. The van der Waals surface area contributed by atoms with Gasteiger partial charge in [-0.1, -0.05) is 6.92 Å². The van der Waals surface area contributed by atoms with Gasteiger partial charge < -0.3 is 4.57 Å². The number of imidazole rings is 1. The van der Waals surface area contributed by atoms with Gasteiger partial charge in [0.25, 0.3) is 0 Å². The smallest absolute Gasteiger partial charge is 0.136 e. The summed E-state index contributed by atoms with van der Waals surface area (Å²) in [6, 6.07) is 0. The molecule has 1 heterocycles. The first kappa shape index (κ1) is 9.44. The Morgan fingerprint density at radius 3 is 2.93 bits per heavy atom. The van der Waals surface area contributed by atoms with Crippen molar-refractivity contribution in [1.29, 1.82) is 0 Å². The molecule has 0 N–H and O–H groups in total. The number of Topliss-reactive ketones (excluding diaryl/α,β-unsaturated/α-hetero) is 1. The predicted molar refractivity (Wildman–Crippen MR) is 53.8 cm³/mol. The summed E-state index contributed by atoms with van der Waals surface area (Å²) in [7, 11) is 2.00. The van der Waals surface area contributed by atoms with E-state index in [2.05, 4.69) is 4.98 Å². The second kappa shape index (κ2) is 3.56. The Kier molecular flexibility index (Phi) is 2.40. The summed E-state index contributed by atoms with van der Waals surface area (Å²) in [5, 5.41) is 0. The quantitative estimate of drug-likeness (QED) is 0.713. The lowest BCUT2D eigenvalue weighted by Gasteiger charge is -2.13. The van der Waals surface area contributed by atoms with E-state index in [-0.39, 0.29) is 5.92 Å². The number of nitrogens with zero attached hydrogens (tertiary/aromatic N) is 2. The zero-order chi connectivity index (χ0) is 10.1. The third-order valence-corrected chi connectivity index (χ3v) is 3.34. The Morgan fingerprint density at radius 2 is 2.43 bits per heavy atom. The van der Waals surface area contributed by atoms with E-state index in [0.717, 1.165) is 25.1 Å². The largest absolute Gasteiger partial charge is 0.338 e. The van der Waals surface area contributed by atoms with Gasteiger partial charge in [-0.15, -0.1) is 0 Å². The molecular weight excluding hydrogens is 176 g/mol. The van der Waals surface area contributed by atoms with Gasteiger partial charge in [-0.3, -0.25) is 4.79 Å². The highest BCUT2D eigenvalue weighted by Crippen LogP contribution is 2.30. The van der Waals surface area contributed by atoms with Crippen molar-refractivity contribution in [3.05, 3.63) is 18.2 Å². The molecule has 0 radical (unpaired) electrons. The van der Waals surface area contributed by atoms with Gasteiger partial charge in [-0.05, 0) is 12.3 Å². The molecule has 0 aromatic carbocycles. The minimum Gasteiger partial charge on any atom is -0.338 e. The first-order valence-electron chi connectivity index (χ1n) is 5.17. The zero-order valence-electron chi connectivity index (χ0n) is 8.73. The van der Waals surface area contributed by atoms with Crippen LogP contribution in [0.2, 0.25) is 0 Å². The lowest BCUT2D eigenvalue weighted by molar-refractivity contribution is -0.120. The predicted octanol–water partition coefficient (Wildman–Crippen LogP) is 1.58. The molecule has 1 aromatic heterocycles. The molecule has 1 fully saturated rings. The Bertz CT molecular complexity index is 343. The fourth-order valence-electron chi connectivity index (χ4n) is 2.17. The molecule has 2 atom stereocenters. The summed E-state index contributed by atoms with van der Waals surface area (Å²) in [5.41, 5.74) is 0. The van der Waals surface area contributed by atoms with Crippen LogP contribution in [0.15, 0.2) is 12.4 Å². The molecule has 1 aliphatic rings. The number of carbonyl (C=O) groups is 1. The number of aryl methyl sites for hydroxylation is 1. The number of rotatable bonds is 2. The van der Waals surface area contributed by atoms with Crippen molar-refractivity contribution in [2.45, 2.75) is 26.2 Å². The van der Waals surface area contributed by atoms with Gasteiger partial charge in [0.2, 0.25) is 0 Å². The van der Waals surface area contributed by atoms with E-state index in [9.17, 15) is 4.79 Å². The summed E-state index contributed by atoms with van der Waals surface area (Å²) in [6.07, 6.45) is 6.51. The minimum atomic E-state index is 0.228. The monoisotopic (exact) mass is 192 g/mol. The fourth-order valence-corrected chi connectivity index (χ4v) is 2.17. The fraction of sp³-hybridized carbons (Fsp3) is 0.636. The van der Waals surface area contributed by atoms with Crippen molar-refractivity contribution in [2.75, 3.05) is 0 Å². The summed E-state index contributed by atoms with van der Waals surface area (Å²) < 4.78 is 2.04. The van der Waals surface area contributed by atoms with Crippen LogP contribution in [0.4, 0.5) is 0 Å². The van der Waals surface area contributed by atoms with Crippen LogP contribution in [0.5, 0.6) is 0 Å². The molecule has 14 heavy (non-hydrogen) atoms. The van der Waals surface area contributed by atoms with Crippen molar-refractivity contribution < 1.29 is 4.79 Å². The summed E-state index contributed by atoms with van der Waals surface area (Å²) in [6.45, 7) is 2.04. The molecule has 2 unspecified atom stereocenters. The Balaban J connectivity index is 2.05. The molecule has 0 saturated heterocycles. The highest BCUT2D eigenvalue weighted by atomic mass is 16.1. The number of hydrogen-bond donors (Lipinski definition) is 0. The maximum Gasteiger partial charge on any atom is 0.136 e. The van der Waals surface area contributed by atoms with Gasteiger partial charge >= 0.3 is 0 Å². The van der Waals surface area contributed by atoms with Crippen LogP contribution in [-0.2, 0) is 18.3 Å². The Hall–Kier alpha value is -1.12. The molecule has 1 saturated carbocycles. The van der Waals surface area contributed by atoms with Crippen LogP contribution < -0.4 is 0 Å². The normalized spacial score (nSPS) is 27.1. The van der Waals surface area contributed by atoms with Crippen molar-refractivity contribution >= 4 is 5.78 Å². The van der Waals surface area contributed by atoms with Crippen molar-refractivity contribution in [1.82, 2.24) is 9.55 Å². The average Bonchev–Trinajstić information content (AvgIpc) is 2.68. The van der Waals surface area contributed by atoms with Crippen LogP contribution in [0.1, 0.15) is 25.6 Å². The van der Waals surface area contributed by atoms with Crippen molar-refractivity contribution in [2.24, 2.45) is 18.9 Å². The van der Waals surface area contributed by atoms with E-state index in [4.69, 9.17) is 0 Å². The van der Waals surface area contributed by atoms with Crippen LogP contribution in [0, 0.1) is 11.8 Å². The third kappa shape index (κ3) is 1.59. The zero-order valence-corrected chi connectivity index (χ0v) is 8.73. The summed E-state index contributed by atoms with van der Waals surface area (Å²) >= 11 is 0. The van der Waals surface area contributed by atoms with Gasteiger partial charge in [0.1, 0.15) is 11.6 Å². The second-order valence-corrected chi connectivity index (χ2v) is 4.21. The lowest BCUT2D eigenvalue weighted by Crippen LogP contribution is -2.14. The number of hydrogen-bond acceptors (Lipinski definition) is 2. The molecule has 76 valence electrons. The van der Waals surface area contributed by atoms with Gasteiger partial charge in [0.15, 0.2) is 0 Å². The molecule has 1 aliphatic carbocycles. The Labute approximate surface area is 84.1 Å². The molecular formula is C11H16N2O. The maximum atomic E-state index is 11.4. The van der Waals surface area contributed by atoms with E-state index >= 15 is 0 Å². The van der Waals surface area contributed by atoms with E-state index in [0.29, 0.717) is 11.7 Å². The maximum absolute atomic E-state index is 11.4. The minimum absolute atomic E-state index is 0.228. The average molecular weight is 192 g/mol. The first-order chi connectivity index (χ1) is 6.68. The van der Waals surface area contributed by atoms with Crippen molar-refractivity contribution in [3.63, 3.8) is 0 Å². The van der Waals surface area contributed by atoms with Crippen LogP contribution in [0.25, 0.3) is 0 Å². The van der Waals surface area contributed by atoms with Gasteiger partial charge in [-0.25, -0.2) is 4.98 Å². The van der Waals surface area contributed by atoms with Gasteiger partial charge in [0.05, 0.1) is 0 Å². The molecule has 3 nitrogen and oxygen atoms in total. The van der Waals surface area contributed by atoms with E-state index in [1.807, 2.05) is 30.9 Å². The highest BCUT2D eigenvalue weighted by Gasteiger charge is 2.31. The van der Waals surface area contributed by atoms with Gasteiger partial charge in [0, 0.05) is 38.2 Å². The van der Waals surface area contributed by atoms with Crippen LogP contribution in [0.3, 0.4) is 0 Å². The highest BCUT2D eigenvalue weighted by molar-refractivity contribution is 5.83. The molecule has 2 rings (SSSR count). The van der Waals surface area contributed by atoms with Crippen molar-refractivity contribution in [3.8, 4) is 0 Å². The lowest BCUT2D eigenvalue weighted by atomic mass is 9.94. The van der Waals surface area contributed by atoms with E-state index < -0.39 is 0 Å². The topological polar surface area (TPSA) is 34.9 Å². The summed E-state index contributed by atoms with van der Waals surface area (Å²) in [4.78, 5) is 15.7. The number of aromatic nitrogens is 2. The SMILES string of the molecule is CC1C(=O)CCC1Cc1nccn1C.